The number of carboxylic acids is 2. The number of nitrogens with two attached hydrogens (primary N) is 1. The summed E-state index contributed by atoms with van der Waals surface area (Å²) >= 11 is 12.4. The number of thiol groups is 3. The number of fused-ring (bicyclic) bond motifs is 1. The molecule has 0 aromatic heterocycles. The summed E-state index contributed by atoms with van der Waals surface area (Å²) in [4.78, 5) is 167. The van der Waals surface area contributed by atoms with E-state index in [0.717, 1.165) is 37.3 Å². The van der Waals surface area contributed by atoms with Crippen LogP contribution in [0.4, 0.5) is 0 Å². The molecule has 2 heterocycles. The van der Waals surface area contributed by atoms with Crippen LogP contribution in [0.5, 0.6) is 11.5 Å². The van der Waals surface area contributed by atoms with Gasteiger partial charge in [0, 0.05) is 36.0 Å². The van der Waals surface area contributed by atoms with Crippen molar-refractivity contribution in [3.63, 3.8) is 0 Å². The number of hydrogen-bond donors (Lipinski definition) is 19. The van der Waals surface area contributed by atoms with Crippen LogP contribution in [0, 0.1) is 0 Å². The molecule has 0 radical (unpaired) electrons. The molecule has 2 saturated heterocycles. The molecule has 13 atom stereocenters. The Kier molecular flexibility index (Phi) is 32.7. The van der Waals surface area contributed by atoms with Gasteiger partial charge in [-0.3, -0.25) is 78.8 Å². The predicted molar refractivity (Wildman–Crippen MR) is 350 cm³/mol. The van der Waals surface area contributed by atoms with E-state index in [1.165, 1.54) is 69.3 Å². The number of carbonyl (C=O) groups is 12. The van der Waals surface area contributed by atoms with Gasteiger partial charge in [-0.25, -0.2) is 0 Å². The van der Waals surface area contributed by atoms with Crippen LogP contribution in [0.1, 0.15) is 64.0 Å². The quantitative estimate of drug-likeness (QED) is 0.0262. The Bertz CT molecular complexity index is 2890. The van der Waals surface area contributed by atoms with Crippen molar-refractivity contribution in [2.45, 2.75) is 150 Å². The maximum absolute atomic E-state index is 14.7. The number of phenolic OH excluding ortho intramolecular Hbond substituents is 2. The van der Waals surface area contributed by atoms with E-state index in [1.807, 2.05) is 0 Å². The summed E-state index contributed by atoms with van der Waals surface area (Å²) < 4.78 is 0. The fraction of sp³-hybridized carbons (Fsp3) is 0.564. The Morgan fingerprint density at radius 2 is 1.38 bits per heavy atom. The van der Waals surface area contributed by atoms with Gasteiger partial charge in [0.05, 0.1) is 73.2 Å². The van der Waals surface area contributed by atoms with E-state index in [2.05, 4.69) is 78.5 Å². The number of hydrogen-bond acceptors (Lipinski definition) is 28. The second-order valence-electron chi connectivity index (χ2n) is 21.6. The van der Waals surface area contributed by atoms with Gasteiger partial charge >= 0.3 is 11.9 Å². The van der Waals surface area contributed by atoms with E-state index >= 15 is 0 Å². The number of nitrogens with zero attached hydrogens (tertiary/aromatic N) is 1. The van der Waals surface area contributed by atoms with Gasteiger partial charge < -0.3 is 67.6 Å². The summed E-state index contributed by atoms with van der Waals surface area (Å²) in [5.41, 5.74) is 6.45. The van der Waals surface area contributed by atoms with Crippen molar-refractivity contribution in [3.05, 3.63) is 59.7 Å². The van der Waals surface area contributed by atoms with Crippen molar-refractivity contribution in [2.24, 2.45) is 5.73 Å². The number of primary amides is 1. The first-order valence-corrected chi connectivity index (χ1v) is 35.6. The summed E-state index contributed by atoms with van der Waals surface area (Å²) in [6.07, 6.45) is -3.81. The third-order valence-electron chi connectivity index (χ3n) is 14.6. The molecular formula is C55H78N10O19S7. The topological polar surface area (TPSA) is 472 Å². The molecule has 2 aromatic rings. The molecule has 6 amide bonds. The molecule has 4 unspecified atom stereocenters. The van der Waals surface area contributed by atoms with Gasteiger partial charge in [-0.15, -0.1) is 23.3 Å². The number of aliphatic hydroxyl groups is 3. The van der Waals surface area contributed by atoms with Crippen LogP contribution in [0.15, 0.2) is 48.5 Å². The van der Waals surface area contributed by atoms with E-state index < -0.39 is 198 Å². The number of nitrogens with one attached hydrogen (secondary N) is 8. The Hall–Kier alpha value is -5.35. The van der Waals surface area contributed by atoms with Gasteiger partial charge in [-0.1, -0.05) is 67.4 Å². The first kappa shape index (κ1) is 78.1. The largest absolute Gasteiger partial charge is 0.508 e. The molecule has 0 spiro atoms. The molecule has 91 heavy (non-hydrogen) atoms. The van der Waals surface area contributed by atoms with Crippen LogP contribution in [-0.4, -0.2) is 237 Å². The highest BCUT2D eigenvalue weighted by Crippen LogP contribution is 2.28. The minimum atomic E-state index is -3.14. The number of carboxylic acid groups (broad SMARTS) is 2. The SMILES string of the molecule is CC1N[C@@H](CS)C(=O)N[C@@H](CC(N)=O)C(=O)N2CCC[C@H]2C(=O)N[C@@H](C)C(=O)C(N[C@H](C(=O)NCC(=O)C(CSS)N[C@@H](Cc2ccc(O)cc2)C(=O)O)[C@@H](C)O)CSSCC(C(=O)C(O)(O)CSS)N[C@@H](CCC(=O)O)C(=O)N[C@@H](Cc2ccc(O)cc2)C1=O. The fourth-order valence-electron chi connectivity index (χ4n) is 9.70. The summed E-state index contributed by atoms with van der Waals surface area (Å²) in [6, 6.07) is -6.78. The van der Waals surface area contributed by atoms with E-state index in [4.69, 9.17) is 5.73 Å². The molecule has 36 heteroatoms. The second kappa shape index (κ2) is 38.1. The molecule has 0 bridgehead atoms. The van der Waals surface area contributed by atoms with Crippen LogP contribution >= 0.6 is 79.1 Å². The average Bonchev–Trinajstić information content (AvgIpc) is 2.29. The molecule has 2 fully saturated rings. The Morgan fingerprint density at radius 3 is 1.96 bits per heavy atom. The lowest BCUT2D eigenvalue weighted by atomic mass is 9.97. The van der Waals surface area contributed by atoms with Crippen molar-refractivity contribution in [2.75, 3.05) is 41.9 Å². The van der Waals surface area contributed by atoms with Gasteiger partial charge in [-0.05, 0) is 88.3 Å². The highest BCUT2D eigenvalue weighted by atomic mass is 33.1. The number of rotatable bonds is 26. The Morgan fingerprint density at radius 1 is 0.780 bits per heavy atom. The average molecular weight is 1410 g/mol. The number of aliphatic carboxylic acids is 2. The minimum absolute atomic E-state index is 0.0361. The number of ketones is 4. The van der Waals surface area contributed by atoms with Gasteiger partial charge in [0.25, 0.3) is 0 Å². The molecule has 4 rings (SSSR count). The fourth-order valence-corrected chi connectivity index (χ4v) is 14.1. The van der Waals surface area contributed by atoms with Crippen molar-refractivity contribution in [3.8, 4) is 11.5 Å². The van der Waals surface area contributed by atoms with Gasteiger partial charge in [0.15, 0.2) is 17.3 Å². The molecule has 17 N–H and O–H groups in total. The van der Waals surface area contributed by atoms with Crippen molar-refractivity contribution in [1.29, 1.82) is 0 Å². The first-order chi connectivity index (χ1) is 42.9. The third-order valence-corrected chi connectivity index (χ3v) is 19.2. The van der Waals surface area contributed by atoms with Crippen LogP contribution in [0.25, 0.3) is 0 Å². The third kappa shape index (κ3) is 24.8. The van der Waals surface area contributed by atoms with E-state index in [1.54, 1.807) is 0 Å². The number of aliphatic hydroxyl groups excluding tert-OH is 1. The zero-order chi connectivity index (χ0) is 67.9. The smallest absolute Gasteiger partial charge is 0.321 e. The summed E-state index contributed by atoms with van der Waals surface area (Å²) in [5, 5.41) is 94.0. The van der Waals surface area contributed by atoms with Crippen LogP contribution in [0.3, 0.4) is 0 Å². The molecule has 2 aromatic carbocycles. The van der Waals surface area contributed by atoms with Gasteiger partial charge in [-0.2, -0.15) is 12.6 Å². The lowest BCUT2D eigenvalue weighted by molar-refractivity contribution is -0.175. The van der Waals surface area contributed by atoms with E-state index in [-0.39, 0.29) is 55.2 Å². The number of phenols is 2. The van der Waals surface area contributed by atoms with Crippen molar-refractivity contribution >= 4 is 150 Å². The van der Waals surface area contributed by atoms with Crippen LogP contribution in [0.2, 0.25) is 0 Å². The lowest BCUT2D eigenvalue weighted by Crippen LogP contribution is -2.61. The lowest BCUT2D eigenvalue weighted by Gasteiger charge is -2.31. The van der Waals surface area contributed by atoms with E-state index in [9.17, 15) is 93.3 Å². The maximum atomic E-state index is 14.7. The molecule has 504 valence electrons. The van der Waals surface area contributed by atoms with Crippen LogP contribution in [-0.2, 0) is 70.4 Å². The summed E-state index contributed by atoms with van der Waals surface area (Å²) in [7, 11) is 3.08. The van der Waals surface area contributed by atoms with Gasteiger partial charge in [0.2, 0.25) is 47.0 Å². The zero-order valence-electron chi connectivity index (χ0n) is 49.6. The summed E-state index contributed by atoms with van der Waals surface area (Å²) in [5.74, 6) is -17.6. The molecule has 0 aliphatic carbocycles. The standard InChI is InChI=1S/C55H78N10O19S7/c1-26-46(73)34(17-29-6-10-31(67)11-7-29)63-49(76)33(14-15-44(71)72)60-40(48(75)55(83,84)25-89-87)24-91-90-23-39(47(74)27(2)59-51(78)41-5-4-16-65(41)53(80)35(19-43(56)70)64-50(77)37(21-85)58-26)62-45(28(3)66)52(79)57-20-42(69)38(22-88-86)61-36(54(81)82)18-30-8-12-32(68)13-9-30/h6-13,26-28,33-41,45,58,60-62,66-68,83-87H,4-5,14-25H2,1-3H3,(H2,56,70)(H,57,79)(H,59,78)(H,63,76)(H,64,77)(H,71,72)(H,81,82)/t26?,27-,28+,33-,34-,35-,36-,37-,38?,39?,40?,41-,45-/m0/s1. The highest BCUT2D eigenvalue weighted by molar-refractivity contribution is 8.76. The Balaban J connectivity index is 1.79. The Labute approximate surface area is 555 Å². The number of carbonyl (C=O) groups excluding carboxylic acids is 10. The first-order valence-electron chi connectivity index (χ1n) is 28.4. The number of aromatic hydroxyl groups is 2. The van der Waals surface area contributed by atoms with Crippen molar-refractivity contribution in [1.82, 2.24) is 47.4 Å². The monoisotopic (exact) mass is 1410 g/mol. The normalized spacial score (nSPS) is 24.4. The molecule has 2 aliphatic heterocycles. The number of amides is 6. The molecule has 29 nitrogen and oxygen atoms in total. The van der Waals surface area contributed by atoms with E-state index in [0.29, 0.717) is 21.9 Å². The minimum Gasteiger partial charge on any atom is -0.508 e. The van der Waals surface area contributed by atoms with Crippen molar-refractivity contribution < 1.29 is 93.3 Å². The predicted octanol–water partition coefficient (Wildman–Crippen LogP) is -2.56. The van der Waals surface area contributed by atoms with Crippen LogP contribution < -0.4 is 48.3 Å². The molecule has 2 aliphatic rings. The number of Topliss-reactive ketones (excluding diaryl/α,β-unsaturated/α-hetero) is 4. The van der Waals surface area contributed by atoms with Gasteiger partial charge in [0.1, 0.15) is 35.7 Å². The molecular weight excluding hydrogens is 1330 g/mol. The molecule has 0 saturated carbocycles. The highest BCUT2D eigenvalue weighted by Gasteiger charge is 2.43. The zero-order valence-corrected chi connectivity index (χ0v) is 55.5. The number of benzene rings is 2. The maximum Gasteiger partial charge on any atom is 0.321 e. The second-order valence-corrected chi connectivity index (χ2v) is 27.2. The summed E-state index contributed by atoms with van der Waals surface area (Å²) in [6.45, 7) is 3.00.